The third-order valence-electron chi connectivity index (χ3n) is 6.34. The minimum absolute atomic E-state index is 0.171. The molecule has 1 aromatic carbocycles. The second-order valence-corrected chi connectivity index (χ2v) is 8.62. The van der Waals surface area contributed by atoms with Crippen LogP contribution in [0.2, 0.25) is 0 Å². The quantitative estimate of drug-likeness (QED) is 0.185. The molecule has 10 atom stereocenters. The average molecular weight is 489 g/mol. The molecular weight excluding hydrogens is 458 g/mol. The van der Waals surface area contributed by atoms with E-state index in [0.29, 0.717) is 19.5 Å². The summed E-state index contributed by atoms with van der Waals surface area (Å²) in [6.07, 6.45) is -14.0. The highest BCUT2D eigenvalue weighted by Gasteiger charge is 2.46. The molecule has 34 heavy (non-hydrogen) atoms. The Morgan fingerprint density at radius 1 is 0.765 bits per heavy atom. The van der Waals surface area contributed by atoms with E-state index < -0.39 is 74.6 Å². The number of aliphatic hydroxyl groups is 8. The van der Waals surface area contributed by atoms with Crippen LogP contribution in [0.5, 0.6) is 11.5 Å². The van der Waals surface area contributed by atoms with Crippen LogP contribution in [0.1, 0.15) is 11.1 Å². The molecule has 0 aromatic heterocycles. The van der Waals surface area contributed by atoms with E-state index in [1.165, 1.54) is 6.07 Å². The lowest BCUT2D eigenvalue weighted by Crippen LogP contribution is -2.60. The minimum Gasteiger partial charge on any atom is -0.462 e. The van der Waals surface area contributed by atoms with Crippen LogP contribution in [-0.2, 0) is 22.4 Å². The van der Waals surface area contributed by atoms with Crippen molar-refractivity contribution >= 4 is 0 Å². The lowest BCUT2D eigenvalue weighted by atomic mass is 9.98. The highest BCUT2D eigenvalue weighted by molar-refractivity contribution is 5.48. The molecular formula is C21H31NO12. The molecule has 0 saturated carbocycles. The average Bonchev–Trinajstić information content (AvgIpc) is 2.84. The van der Waals surface area contributed by atoms with Crippen molar-refractivity contribution in [3.63, 3.8) is 0 Å². The monoisotopic (exact) mass is 489 g/mol. The van der Waals surface area contributed by atoms with Crippen molar-refractivity contribution in [1.82, 2.24) is 5.32 Å². The minimum atomic E-state index is -1.61. The summed E-state index contributed by atoms with van der Waals surface area (Å²) in [6, 6.07) is 3.13. The van der Waals surface area contributed by atoms with Crippen molar-refractivity contribution in [2.75, 3.05) is 19.8 Å². The Kier molecular flexibility index (Phi) is 7.91. The van der Waals surface area contributed by atoms with Gasteiger partial charge in [0.25, 0.3) is 0 Å². The van der Waals surface area contributed by atoms with Crippen LogP contribution < -0.4 is 14.8 Å². The molecule has 3 aliphatic heterocycles. The molecule has 1 aromatic rings. The zero-order chi connectivity index (χ0) is 24.6. The highest BCUT2D eigenvalue weighted by atomic mass is 16.7. The van der Waals surface area contributed by atoms with Crippen molar-refractivity contribution in [2.24, 2.45) is 0 Å². The van der Waals surface area contributed by atoms with Crippen LogP contribution in [-0.4, -0.2) is 122 Å². The Morgan fingerprint density at radius 3 is 1.88 bits per heavy atom. The molecule has 192 valence electrons. The summed E-state index contributed by atoms with van der Waals surface area (Å²) in [4.78, 5) is 0. The molecule has 3 heterocycles. The third-order valence-corrected chi connectivity index (χ3v) is 6.34. The molecule has 2 fully saturated rings. The normalized spacial score (nSPS) is 40.5. The number of aliphatic hydroxyl groups excluding tert-OH is 8. The fourth-order valence-corrected chi connectivity index (χ4v) is 4.30. The van der Waals surface area contributed by atoms with Crippen LogP contribution in [0.4, 0.5) is 0 Å². The highest BCUT2D eigenvalue weighted by Crippen LogP contribution is 2.35. The van der Waals surface area contributed by atoms with E-state index in [9.17, 15) is 40.9 Å². The van der Waals surface area contributed by atoms with Gasteiger partial charge in [-0.25, -0.2) is 0 Å². The molecule has 0 amide bonds. The van der Waals surface area contributed by atoms with E-state index in [2.05, 4.69) is 5.32 Å². The van der Waals surface area contributed by atoms with Gasteiger partial charge in [-0.3, -0.25) is 0 Å². The van der Waals surface area contributed by atoms with E-state index in [1.807, 2.05) is 0 Å². The van der Waals surface area contributed by atoms with Gasteiger partial charge in [0.1, 0.15) is 60.3 Å². The summed E-state index contributed by atoms with van der Waals surface area (Å²) in [6.45, 7) is -0.130. The molecule has 0 spiro atoms. The Balaban J connectivity index is 1.59. The Morgan fingerprint density at radius 2 is 1.32 bits per heavy atom. The molecule has 13 nitrogen and oxygen atoms in total. The summed E-state index contributed by atoms with van der Waals surface area (Å²) >= 11 is 0. The Bertz CT molecular complexity index is 838. The summed E-state index contributed by atoms with van der Waals surface area (Å²) in [7, 11) is 0. The van der Waals surface area contributed by atoms with Gasteiger partial charge in [0, 0.05) is 18.2 Å². The lowest BCUT2D eigenvalue weighted by molar-refractivity contribution is -0.278. The van der Waals surface area contributed by atoms with Crippen molar-refractivity contribution < 1.29 is 59.8 Å². The summed E-state index contributed by atoms with van der Waals surface area (Å²) in [5.74, 6) is 0.387. The standard InChI is InChI=1S/C21H31NO12/c23-6-12-14(25)16(27)18(29)20(33-12)31-9-3-8-1-2-22-5-10(8)11(4-9)32-21-19(30)17(28)15(26)13(7-24)34-21/h3-4,12-30H,1-2,5-7H2/t12?,13?,14-,15-,16+,17+,18?,19?,20-,21-/m1/s1. The summed E-state index contributed by atoms with van der Waals surface area (Å²) < 4.78 is 22.4. The molecule has 4 rings (SSSR count). The molecule has 3 aliphatic rings. The molecule has 0 aliphatic carbocycles. The van der Waals surface area contributed by atoms with Crippen LogP contribution in [0.25, 0.3) is 0 Å². The third kappa shape index (κ3) is 4.87. The van der Waals surface area contributed by atoms with Gasteiger partial charge in [-0.15, -0.1) is 0 Å². The van der Waals surface area contributed by atoms with E-state index in [4.69, 9.17) is 18.9 Å². The predicted octanol–water partition coefficient (Wildman–Crippen LogP) is -4.31. The van der Waals surface area contributed by atoms with Gasteiger partial charge < -0.3 is 65.1 Å². The number of nitrogens with one attached hydrogen (secondary N) is 1. The van der Waals surface area contributed by atoms with Gasteiger partial charge in [0.2, 0.25) is 12.6 Å². The first-order valence-electron chi connectivity index (χ1n) is 11.1. The zero-order valence-corrected chi connectivity index (χ0v) is 18.2. The van der Waals surface area contributed by atoms with Crippen LogP contribution in [0, 0.1) is 0 Å². The van der Waals surface area contributed by atoms with Crippen molar-refractivity contribution in [1.29, 1.82) is 0 Å². The molecule has 0 bridgehead atoms. The largest absolute Gasteiger partial charge is 0.462 e. The van der Waals surface area contributed by atoms with Gasteiger partial charge in [-0.05, 0) is 24.6 Å². The number of hydrogen-bond donors (Lipinski definition) is 9. The maximum absolute atomic E-state index is 10.3. The first-order chi connectivity index (χ1) is 16.2. The van der Waals surface area contributed by atoms with Crippen LogP contribution in [0.15, 0.2) is 12.1 Å². The van der Waals surface area contributed by atoms with E-state index >= 15 is 0 Å². The Hall–Kier alpha value is -1.62. The fourth-order valence-electron chi connectivity index (χ4n) is 4.30. The van der Waals surface area contributed by atoms with Crippen molar-refractivity contribution in [3.05, 3.63) is 23.3 Å². The summed E-state index contributed by atoms with van der Waals surface area (Å²) in [5, 5.41) is 82.7. The van der Waals surface area contributed by atoms with Gasteiger partial charge in [0.15, 0.2) is 0 Å². The fraction of sp³-hybridized carbons (Fsp3) is 0.714. The van der Waals surface area contributed by atoms with Gasteiger partial charge in [-0.1, -0.05) is 0 Å². The van der Waals surface area contributed by atoms with E-state index in [-0.39, 0.29) is 11.5 Å². The lowest BCUT2D eigenvalue weighted by Gasteiger charge is -2.40. The van der Waals surface area contributed by atoms with Gasteiger partial charge in [-0.2, -0.15) is 0 Å². The SMILES string of the molecule is OCC1O[C@@H](Oc2cc3c(c(O[C@@H]4OC(CO)[C@@H](O)[C@H](O)C4O)c2)CNCC3)C(O)[C@@H](O)[C@@H]1O. The number of hydrogen-bond acceptors (Lipinski definition) is 13. The zero-order valence-electron chi connectivity index (χ0n) is 18.2. The molecule has 2 saturated heterocycles. The Labute approximate surface area is 194 Å². The second-order valence-electron chi connectivity index (χ2n) is 8.62. The maximum Gasteiger partial charge on any atom is 0.229 e. The van der Waals surface area contributed by atoms with Gasteiger partial charge >= 0.3 is 0 Å². The smallest absolute Gasteiger partial charge is 0.229 e. The molecule has 13 heteroatoms. The summed E-state index contributed by atoms with van der Waals surface area (Å²) in [5.41, 5.74) is 1.55. The van der Waals surface area contributed by atoms with E-state index in [0.717, 1.165) is 11.1 Å². The van der Waals surface area contributed by atoms with Crippen LogP contribution >= 0.6 is 0 Å². The number of benzene rings is 1. The second kappa shape index (κ2) is 10.6. The molecule has 0 radical (unpaired) electrons. The number of fused-ring (bicyclic) bond motifs is 1. The molecule has 9 N–H and O–H groups in total. The maximum atomic E-state index is 10.3. The van der Waals surface area contributed by atoms with Crippen molar-refractivity contribution in [2.45, 2.75) is 74.4 Å². The first-order valence-corrected chi connectivity index (χ1v) is 11.1. The first kappa shape index (κ1) is 25.5. The number of rotatable bonds is 6. The van der Waals surface area contributed by atoms with E-state index in [1.54, 1.807) is 6.07 Å². The topological polar surface area (TPSA) is 211 Å². The van der Waals surface area contributed by atoms with Gasteiger partial charge in [0.05, 0.1) is 13.2 Å². The number of ether oxygens (including phenoxy) is 4. The molecule has 4 unspecified atom stereocenters. The predicted molar refractivity (Wildman–Crippen MR) is 111 cm³/mol. The van der Waals surface area contributed by atoms with Crippen LogP contribution in [0.3, 0.4) is 0 Å². The van der Waals surface area contributed by atoms with Crippen molar-refractivity contribution in [3.8, 4) is 11.5 Å².